The van der Waals surface area contributed by atoms with Gasteiger partial charge in [-0.15, -0.1) is 5.10 Å². The van der Waals surface area contributed by atoms with Gasteiger partial charge in [0, 0.05) is 31.5 Å². The van der Waals surface area contributed by atoms with Crippen molar-refractivity contribution < 1.29 is 9.47 Å². The van der Waals surface area contributed by atoms with Gasteiger partial charge in [0.1, 0.15) is 0 Å². The average Bonchev–Trinajstić information content (AvgIpc) is 2.85. The molecule has 0 aromatic carbocycles. The van der Waals surface area contributed by atoms with Gasteiger partial charge in [-0.1, -0.05) is 0 Å². The maximum atomic E-state index is 5.38. The van der Waals surface area contributed by atoms with Crippen LogP contribution in [-0.4, -0.2) is 48.0 Å². The molecule has 0 saturated carbocycles. The van der Waals surface area contributed by atoms with Crippen LogP contribution in [0.25, 0.3) is 5.65 Å². The fraction of sp³-hybridized carbons (Fsp3) is 0.455. The number of imidazole rings is 1. The van der Waals surface area contributed by atoms with E-state index >= 15 is 0 Å². The summed E-state index contributed by atoms with van der Waals surface area (Å²) < 4.78 is 12.5. The molecule has 17 heavy (non-hydrogen) atoms. The van der Waals surface area contributed by atoms with E-state index in [1.165, 1.54) is 0 Å². The maximum absolute atomic E-state index is 5.38. The first-order chi connectivity index (χ1) is 8.38. The minimum atomic E-state index is 0.729. The number of ether oxygens (including phenoxy) is 2. The van der Waals surface area contributed by atoms with Crippen LogP contribution in [0, 0.1) is 0 Å². The smallest absolute Gasteiger partial charge is 0.192 e. The molecule has 0 radical (unpaired) electrons. The number of hydrogen-bond donors (Lipinski definition) is 0. The third-order valence-electron chi connectivity index (χ3n) is 2.86. The molecule has 90 valence electrons. The van der Waals surface area contributed by atoms with Crippen LogP contribution < -0.4 is 9.64 Å². The van der Waals surface area contributed by atoms with Crippen molar-refractivity contribution >= 4 is 11.5 Å². The summed E-state index contributed by atoms with van der Waals surface area (Å²) in [5.74, 6) is 1.60. The van der Waals surface area contributed by atoms with Crippen LogP contribution in [0.2, 0.25) is 0 Å². The Labute approximate surface area is 98.8 Å². The highest BCUT2D eigenvalue weighted by Gasteiger charge is 2.18. The predicted molar refractivity (Wildman–Crippen MR) is 62.6 cm³/mol. The third kappa shape index (κ3) is 1.80. The number of methoxy groups -OCH3 is 1. The second kappa shape index (κ2) is 4.21. The van der Waals surface area contributed by atoms with Gasteiger partial charge in [0.2, 0.25) is 0 Å². The normalized spacial score (nSPS) is 16.4. The van der Waals surface area contributed by atoms with Gasteiger partial charge >= 0.3 is 0 Å². The Bertz CT molecular complexity index is 519. The molecule has 1 aliphatic heterocycles. The quantitative estimate of drug-likeness (QED) is 0.760. The summed E-state index contributed by atoms with van der Waals surface area (Å²) in [4.78, 5) is 6.36. The van der Waals surface area contributed by atoms with Crippen LogP contribution in [0.15, 0.2) is 18.5 Å². The first-order valence-corrected chi connectivity index (χ1v) is 5.59. The van der Waals surface area contributed by atoms with E-state index in [1.807, 2.05) is 12.3 Å². The molecule has 6 heteroatoms. The fourth-order valence-electron chi connectivity index (χ4n) is 1.97. The van der Waals surface area contributed by atoms with Crippen molar-refractivity contribution in [3.63, 3.8) is 0 Å². The van der Waals surface area contributed by atoms with Crippen LogP contribution >= 0.6 is 0 Å². The van der Waals surface area contributed by atoms with Gasteiger partial charge in [0.05, 0.1) is 20.3 Å². The van der Waals surface area contributed by atoms with Crippen LogP contribution in [0.1, 0.15) is 0 Å². The molecule has 1 saturated heterocycles. The lowest BCUT2D eigenvalue weighted by atomic mass is 10.3. The lowest BCUT2D eigenvalue weighted by Crippen LogP contribution is -2.37. The molecule has 0 bridgehead atoms. The van der Waals surface area contributed by atoms with Gasteiger partial charge < -0.3 is 14.4 Å². The topological polar surface area (TPSA) is 51.9 Å². The number of nitrogens with zero attached hydrogens (tertiary/aromatic N) is 4. The van der Waals surface area contributed by atoms with E-state index in [0.717, 1.165) is 43.5 Å². The SMILES string of the molecule is COc1cc2nccn2nc1N1CCOCC1. The highest BCUT2D eigenvalue weighted by Crippen LogP contribution is 2.26. The van der Waals surface area contributed by atoms with Crippen molar-refractivity contribution in [1.82, 2.24) is 14.6 Å². The van der Waals surface area contributed by atoms with Crippen molar-refractivity contribution in [2.75, 3.05) is 38.3 Å². The maximum Gasteiger partial charge on any atom is 0.192 e. The number of hydrogen-bond acceptors (Lipinski definition) is 5. The summed E-state index contributed by atoms with van der Waals surface area (Å²) in [6, 6.07) is 1.90. The van der Waals surface area contributed by atoms with E-state index < -0.39 is 0 Å². The molecule has 1 aliphatic rings. The van der Waals surface area contributed by atoms with Crippen molar-refractivity contribution in [3.8, 4) is 5.75 Å². The third-order valence-corrected chi connectivity index (χ3v) is 2.86. The van der Waals surface area contributed by atoms with Crippen molar-refractivity contribution in [1.29, 1.82) is 0 Å². The van der Waals surface area contributed by atoms with E-state index in [0.29, 0.717) is 0 Å². The second-order valence-electron chi connectivity index (χ2n) is 3.87. The standard InChI is InChI=1S/C11H14N4O2/c1-16-9-8-10-12-2-3-15(10)13-11(9)14-4-6-17-7-5-14/h2-3,8H,4-7H2,1H3. The number of anilines is 1. The Morgan fingerprint density at radius 1 is 1.35 bits per heavy atom. The molecule has 0 atom stereocenters. The van der Waals surface area contributed by atoms with E-state index in [1.54, 1.807) is 17.8 Å². The number of morpholine rings is 1. The Hall–Kier alpha value is -1.82. The minimum Gasteiger partial charge on any atom is -0.493 e. The molecular formula is C11H14N4O2. The molecule has 6 nitrogen and oxygen atoms in total. The fourth-order valence-corrected chi connectivity index (χ4v) is 1.97. The van der Waals surface area contributed by atoms with Crippen molar-refractivity contribution in [3.05, 3.63) is 18.5 Å². The Morgan fingerprint density at radius 2 is 2.18 bits per heavy atom. The predicted octanol–water partition coefficient (Wildman–Crippen LogP) is 0.574. The lowest BCUT2D eigenvalue weighted by Gasteiger charge is -2.28. The zero-order valence-corrected chi connectivity index (χ0v) is 9.67. The van der Waals surface area contributed by atoms with E-state index in [9.17, 15) is 0 Å². The van der Waals surface area contributed by atoms with Gasteiger partial charge in [-0.05, 0) is 0 Å². The molecule has 0 aliphatic carbocycles. The summed E-state index contributed by atoms with van der Waals surface area (Å²) in [6.45, 7) is 3.13. The zero-order valence-electron chi connectivity index (χ0n) is 9.67. The number of fused-ring (bicyclic) bond motifs is 1. The summed E-state index contributed by atoms with van der Waals surface area (Å²) in [6.07, 6.45) is 3.56. The van der Waals surface area contributed by atoms with Crippen LogP contribution in [0.5, 0.6) is 5.75 Å². The summed E-state index contributed by atoms with van der Waals surface area (Å²) in [5, 5.41) is 4.53. The molecule has 0 spiro atoms. The van der Waals surface area contributed by atoms with Gasteiger partial charge in [-0.3, -0.25) is 0 Å². The molecule has 2 aromatic rings. The largest absolute Gasteiger partial charge is 0.493 e. The first kappa shape index (κ1) is 10.3. The lowest BCUT2D eigenvalue weighted by molar-refractivity contribution is 0.122. The number of rotatable bonds is 2. The molecule has 1 fully saturated rings. The zero-order chi connectivity index (χ0) is 11.7. The van der Waals surface area contributed by atoms with E-state index in [2.05, 4.69) is 15.0 Å². The Morgan fingerprint density at radius 3 is 2.94 bits per heavy atom. The van der Waals surface area contributed by atoms with E-state index in [-0.39, 0.29) is 0 Å². The summed E-state index contributed by atoms with van der Waals surface area (Å²) in [7, 11) is 1.65. The molecule has 3 rings (SSSR count). The van der Waals surface area contributed by atoms with Gasteiger partial charge in [-0.2, -0.15) is 0 Å². The monoisotopic (exact) mass is 234 g/mol. The van der Waals surface area contributed by atoms with Crippen molar-refractivity contribution in [2.45, 2.75) is 0 Å². The van der Waals surface area contributed by atoms with Gasteiger partial charge in [0.15, 0.2) is 17.2 Å². The Balaban J connectivity index is 2.05. The molecular weight excluding hydrogens is 220 g/mol. The summed E-state index contributed by atoms with van der Waals surface area (Å²) in [5.41, 5.74) is 0.791. The molecule has 0 amide bonds. The van der Waals surface area contributed by atoms with Crippen LogP contribution in [0.4, 0.5) is 5.82 Å². The molecule has 0 unspecified atom stereocenters. The Kier molecular flexibility index (Phi) is 2.56. The van der Waals surface area contributed by atoms with Gasteiger partial charge in [0.25, 0.3) is 0 Å². The number of aromatic nitrogens is 3. The average molecular weight is 234 g/mol. The molecule has 0 N–H and O–H groups in total. The van der Waals surface area contributed by atoms with E-state index in [4.69, 9.17) is 9.47 Å². The van der Waals surface area contributed by atoms with Crippen LogP contribution in [0.3, 0.4) is 0 Å². The van der Waals surface area contributed by atoms with Crippen LogP contribution in [-0.2, 0) is 4.74 Å². The van der Waals surface area contributed by atoms with Crippen molar-refractivity contribution in [2.24, 2.45) is 0 Å². The second-order valence-corrected chi connectivity index (χ2v) is 3.87. The minimum absolute atomic E-state index is 0.729. The summed E-state index contributed by atoms with van der Waals surface area (Å²) >= 11 is 0. The molecule has 3 heterocycles. The molecule has 2 aromatic heterocycles. The van der Waals surface area contributed by atoms with Gasteiger partial charge in [-0.25, -0.2) is 9.50 Å². The highest BCUT2D eigenvalue weighted by atomic mass is 16.5. The highest BCUT2D eigenvalue weighted by molar-refractivity contribution is 5.58. The first-order valence-electron chi connectivity index (χ1n) is 5.59.